The Bertz CT molecular complexity index is 810. The van der Waals surface area contributed by atoms with E-state index in [9.17, 15) is 0 Å². The average Bonchev–Trinajstić information content (AvgIpc) is 3.16. The van der Waals surface area contributed by atoms with Crippen LogP contribution in [-0.2, 0) is 36.4 Å². The van der Waals surface area contributed by atoms with Crippen molar-refractivity contribution in [2.75, 3.05) is 0 Å². The van der Waals surface area contributed by atoms with Crippen LogP contribution in [0.15, 0.2) is 48.5 Å². The summed E-state index contributed by atoms with van der Waals surface area (Å²) in [6, 6.07) is 16.1. The van der Waals surface area contributed by atoms with E-state index in [-0.39, 0.29) is 0 Å². The van der Waals surface area contributed by atoms with E-state index in [4.69, 9.17) is 22.0 Å². The summed E-state index contributed by atoms with van der Waals surface area (Å²) in [7, 11) is 15.0. The van der Waals surface area contributed by atoms with Gasteiger partial charge < -0.3 is 15.3 Å². The van der Waals surface area contributed by atoms with Crippen LogP contribution in [0.4, 0.5) is 0 Å². The van der Waals surface area contributed by atoms with Crippen molar-refractivity contribution < 1.29 is 23.3 Å². The van der Waals surface area contributed by atoms with Gasteiger partial charge in [0.15, 0.2) is 0 Å². The second kappa shape index (κ2) is 9.31. The molecule has 0 fully saturated rings. The summed E-state index contributed by atoms with van der Waals surface area (Å²) in [5, 5.41) is 3.35. The van der Waals surface area contributed by atoms with Gasteiger partial charge >= 0.3 is 45.3 Å². The van der Waals surface area contributed by atoms with E-state index in [2.05, 4.69) is 25.3 Å². The van der Waals surface area contributed by atoms with Gasteiger partial charge in [-0.1, -0.05) is 24.3 Å². The Balaban J connectivity index is 0.000000415. The predicted molar refractivity (Wildman–Crippen MR) is 100 cm³/mol. The smallest absolute Gasteiger partial charge is 0.121 e. The Morgan fingerprint density at radius 3 is 1.56 bits per heavy atom. The fourth-order valence-electron chi connectivity index (χ4n) is 2.48. The molecule has 0 aliphatic carbocycles. The Morgan fingerprint density at radius 2 is 1.16 bits per heavy atom. The maximum absolute atomic E-state index is 5.02. The van der Waals surface area contributed by atoms with E-state index in [0.29, 0.717) is 13.1 Å². The van der Waals surface area contributed by atoms with Gasteiger partial charge in [0, 0.05) is 0 Å². The molecule has 0 saturated carbocycles. The number of nitrogens with zero attached hydrogens (tertiary/aromatic N) is 2. The fraction of sp³-hybridized carbons (Fsp3) is 0.125. The molecule has 0 aliphatic heterocycles. The first-order valence-electron chi connectivity index (χ1n) is 7.62. The van der Waals surface area contributed by atoms with Crippen molar-refractivity contribution in [3.8, 4) is 0 Å². The van der Waals surface area contributed by atoms with E-state index in [0.717, 1.165) is 33.7 Å². The van der Waals surface area contributed by atoms with Gasteiger partial charge in [0.25, 0.3) is 0 Å². The third kappa shape index (κ3) is 5.65. The molecule has 4 aromatic rings. The van der Waals surface area contributed by atoms with Crippen LogP contribution in [-0.4, -0.2) is 19.9 Å². The van der Waals surface area contributed by atoms with E-state index >= 15 is 0 Å². The van der Waals surface area contributed by atoms with Gasteiger partial charge in [-0.3, -0.25) is 0 Å². The molecule has 0 amide bonds. The van der Waals surface area contributed by atoms with E-state index in [1.165, 1.54) is 0 Å². The number of imidazole rings is 2. The molecule has 4 rings (SSSR count). The van der Waals surface area contributed by atoms with Crippen LogP contribution in [0.5, 0.6) is 0 Å². The van der Waals surface area contributed by atoms with Crippen molar-refractivity contribution in [3.63, 3.8) is 0 Å². The van der Waals surface area contributed by atoms with Crippen molar-refractivity contribution in [3.05, 3.63) is 60.2 Å². The largest absolute Gasteiger partial charge is 0.341 e. The molecular weight excluding hydrogens is 457 g/mol. The molecule has 2 aromatic heterocycles. The molecule has 0 radical (unpaired) electrons. The SMILES string of the molecule is [Cl][Y]([Cl])[Cl].c1ccc2[nH]c(CNCc3nc4ccccc4[nH]3)nc2c1. The van der Waals surface area contributed by atoms with Gasteiger partial charge in [-0.25, -0.2) is 9.97 Å². The summed E-state index contributed by atoms with van der Waals surface area (Å²) < 4.78 is 0. The number of H-pyrrole nitrogens is 2. The number of rotatable bonds is 4. The molecule has 0 spiro atoms. The topological polar surface area (TPSA) is 69.4 Å². The first kappa shape index (κ1) is 19.1. The van der Waals surface area contributed by atoms with Crippen LogP contribution < -0.4 is 5.32 Å². The molecular formula is C16H15Cl3N5Y. The first-order valence-corrected chi connectivity index (χ1v) is 18.6. The Morgan fingerprint density at radius 1 is 0.760 bits per heavy atom. The zero-order valence-electron chi connectivity index (χ0n) is 13.1. The minimum absolute atomic E-state index is 0.686. The summed E-state index contributed by atoms with van der Waals surface area (Å²) in [6.45, 7) is 1.37. The van der Waals surface area contributed by atoms with Crippen molar-refractivity contribution in [2.24, 2.45) is 0 Å². The van der Waals surface area contributed by atoms with Crippen molar-refractivity contribution in [1.29, 1.82) is 0 Å². The molecule has 3 N–H and O–H groups in total. The summed E-state index contributed by atoms with van der Waals surface area (Å²) >= 11 is -2.22. The normalized spacial score (nSPS) is 10.7. The number of benzene rings is 2. The molecule has 0 atom stereocenters. The van der Waals surface area contributed by atoms with Crippen molar-refractivity contribution in [2.45, 2.75) is 13.1 Å². The van der Waals surface area contributed by atoms with E-state index in [1.54, 1.807) is 0 Å². The molecule has 0 bridgehead atoms. The minimum Gasteiger partial charge on any atom is -0.341 e. The summed E-state index contributed by atoms with van der Waals surface area (Å²) in [4.78, 5) is 15.7. The molecule has 2 aromatic carbocycles. The number of hydrogen-bond donors (Lipinski definition) is 3. The van der Waals surface area contributed by atoms with Crippen LogP contribution in [0.25, 0.3) is 22.1 Å². The van der Waals surface area contributed by atoms with Crippen molar-refractivity contribution >= 4 is 44.1 Å². The third-order valence-electron chi connectivity index (χ3n) is 3.46. The van der Waals surface area contributed by atoms with Crippen LogP contribution in [0, 0.1) is 0 Å². The first-order chi connectivity index (χ1) is 12.1. The molecule has 25 heavy (non-hydrogen) atoms. The predicted octanol–water partition coefficient (Wildman–Crippen LogP) is 4.80. The second-order valence-electron chi connectivity index (χ2n) is 5.25. The maximum Gasteiger partial charge on any atom is 0.121 e. The van der Waals surface area contributed by atoms with Gasteiger partial charge in [-0.15, -0.1) is 0 Å². The molecule has 0 aliphatic rings. The standard InChI is InChI=1S/C16H15N5.3ClH.Y/c1-2-6-12-11(5-1)18-15(19-12)9-17-10-16-20-13-7-3-4-8-14(13)21-16;;;;/h1-8,17H,9-10H2,(H,18,19)(H,20,21);3*1H;/q;;;;+3/p-3. The molecule has 9 heteroatoms. The second-order valence-corrected chi connectivity index (χ2v) is 18.2. The van der Waals surface area contributed by atoms with E-state index < -0.39 is 23.3 Å². The number of halogens is 3. The number of para-hydroxylation sites is 4. The summed E-state index contributed by atoms with van der Waals surface area (Å²) in [5.74, 6) is 1.87. The third-order valence-corrected chi connectivity index (χ3v) is 3.46. The Hall–Kier alpha value is -0.686. The maximum atomic E-state index is 5.02. The number of nitrogens with one attached hydrogen (secondary N) is 3. The number of fused-ring (bicyclic) bond motifs is 2. The molecule has 5 nitrogen and oxygen atoms in total. The van der Waals surface area contributed by atoms with Crippen LogP contribution in [0.3, 0.4) is 0 Å². The van der Waals surface area contributed by atoms with Gasteiger partial charge in [-0.2, -0.15) is 0 Å². The number of aromatic amines is 2. The van der Waals surface area contributed by atoms with Gasteiger partial charge in [0.05, 0.1) is 35.2 Å². The average molecular weight is 473 g/mol. The molecule has 2 heterocycles. The number of hydrogen-bond acceptors (Lipinski definition) is 3. The van der Waals surface area contributed by atoms with Crippen LogP contribution in [0.2, 0.25) is 0 Å². The molecule has 0 saturated heterocycles. The summed E-state index contributed by atoms with van der Waals surface area (Å²) in [5.41, 5.74) is 4.13. The zero-order chi connectivity index (χ0) is 17.6. The van der Waals surface area contributed by atoms with Gasteiger partial charge in [-0.05, 0) is 24.3 Å². The van der Waals surface area contributed by atoms with Gasteiger partial charge in [0.1, 0.15) is 11.6 Å². The molecule has 0 unspecified atom stereocenters. The van der Waals surface area contributed by atoms with Gasteiger partial charge in [0.2, 0.25) is 0 Å². The van der Waals surface area contributed by atoms with Crippen LogP contribution in [0.1, 0.15) is 11.6 Å². The molecule has 128 valence electrons. The quantitative estimate of drug-likeness (QED) is 0.400. The Labute approximate surface area is 164 Å². The number of aromatic nitrogens is 4. The van der Waals surface area contributed by atoms with Crippen molar-refractivity contribution in [1.82, 2.24) is 25.3 Å². The Kier molecular flexibility index (Phi) is 7.11. The zero-order valence-corrected chi connectivity index (χ0v) is 18.2. The van der Waals surface area contributed by atoms with Crippen LogP contribution >= 0.6 is 22.0 Å². The minimum atomic E-state index is -2.22. The van der Waals surface area contributed by atoms with E-state index in [1.807, 2.05) is 48.5 Å². The fourth-order valence-corrected chi connectivity index (χ4v) is 2.48. The monoisotopic (exact) mass is 471 g/mol. The summed E-state index contributed by atoms with van der Waals surface area (Å²) in [6.07, 6.45) is 0.